The maximum atomic E-state index is 6.10. The lowest BCUT2D eigenvalue weighted by Gasteiger charge is -2.10. The van der Waals surface area contributed by atoms with Crippen molar-refractivity contribution in [2.24, 2.45) is 0 Å². The summed E-state index contributed by atoms with van der Waals surface area (Å²) < 4.78 is 10.7. The SMILES string of the molecule is CC.c1ccc2c(c1)oc1ccc(-n3c4ccc(-n5c6ccccc6c6ncccc65)cc4c4ncccc43)cc12. The Morgan fingerprint density at radius 3 is 1.76 bits per heavy atom. The van der Waals surface area contributed by atoms with Crippen molar-refractivity contribution in [2.75, 3.05) is 0 Å². The fraction of sp³-hybridized carbons (Fsp3) is 0.0556. The largest absolute Gasteiger partial charge is 0.456 e. The summed E-state index contributed by atoms with van der Waals surface area (Å²) in [5.74, 6) is 0. The van der Waals surface area contributed by atoms with E-state index in [1.54, 1.807) is 0 Å². The minimum absolute atomic E-state index is 0.890. The van der Waals surface area contributed by atoms with E-state index in [-0.39, 0.29) is 0 Å². The van der Waals surface area contributed by atoms with Crippen molar-refractivity contribution < 1.29 is 4.42 Å². The number of para-hydroxylation sites is 2. The molecule has 0 unspecified atom stereocenters. The van der Waals surface area contributed by atoms with E-state index >= 15 is 0 Å². The first-order valence-corrected chi connectivity index (χ1v) is 14.0. The van der Waals surface area contributed by atoms with E-state index < -0.39 is 0 Å². The predicted molar refractivity (Wildman–Crippen MR) is 169 cm³/mol. The van der Waals surface area contributed by atoms with Crippen LogP contribution in [0, 0.1) is 0 Å². The molecule has 41 heavy (non-hydrogen) atoms. The van der Waals surface area contributed by atoms with Gasteiger partial charge in [-0.05, 0) is 72.8 Å². The summed E-state index contributed by atoms with van der Waals surface area (Å²) in [6.45, 7) is 4.00. The Labute approximate surface area is 235 Å². The molecular weight excluding hydrogens is 504 g/mol. The molecule has 5 heteroatoms. The van der Waals surface area contributed by atoms with E-state index in [0.29, 0.717) is 0 Å². The lowest BCUT2D eigenvalue weighted by atomic mass is 10.1. The molecule has 0 spiro atoms. The maximum Gasteiger partial charge on any atom is 0.135 e. The van der Waals surface area contributed by atoms with Crippen molar-refractivity contribution in [3.05, 3.63) is 122 Å². The molecule has 5 nitrogen and oxygen atoms in total. The summed E-state index contributed by atoms with van der Waals surface area (Å²) >= 11 is 0. The topological polar surface area (TPSA) is 48.8 Å². The highest BCUT2D eigenvalue weighted by Crippen LogP contribution is 2.37. The number of fused-ring (bicyclic) bond motifs is 9. The summed E-state index contributed by atoms with van der Waals surface area (Å²) in [5, 5.41) is 4.48. The van der Waals surface area contributed by atoms with Gasteiger partial charge in [-0.3, -0.25) is 9.97 Å². The second-order valence-electron chi connectivity index (χ2n) is 9.91. The van der Waals surface area contributed by atoms with E-state index in [9.17, 15) is 0 Å². The van der Waals surface area contributed by atoms with Crippen LogP contribution in [0.2, 0.25) is 0 Å². The Morgan fingerprint density at radius 2 is 1.00 bits per heavy atom. The Kier molecular flexibility index (Phi) is 5.19. The van der Waals surface area contributed by atoms with E-state index in [1.807, 2.05) is 50.5 Å². The van der Waals surface area contributed by atoms with Gasteiger partial charge in [-0.1, -0.05) is 50.2 Å². The van der Waals surface area contributed by atoms with Gasteiger partial charge in [0.05, 0.1) is 33.1 Å². The molecule has 0 atom stereocenters. The molecule has 0 aliphatic rings. The van der Waals surface area contributed by atoms with Crippen LogP contribution in [0.3, 0.4) is 0 Å². The molecule has 0 bridgehead atoms. The summed E-state index contributed by atoms with van der Waals surface area (Å²) in [5.41, 5.74) is 10.4. The van der Waals surface area contributed by atoms with Gasteiger partial charge in [-0.15, -0.1) is 0 Å². The Bertz CT molecular complexity index is 2350. The molecule has 5 heterocycles. The van der Waals surface area contributed by atoms with Gasteiger partial charge in [0.15, 0.2) is 0 Å². The highest BCUT2D eigenvalue weighted by atomic mass is 16.3. The van der Waals surface area contributed by atoms with Gasteiger partial charge in [-0.2, -0.15) is 0 Å². The third kappa shape index (κ3) is 3.36. The summed E-state index contributed by atoms with van der Waals surface area (Å²) in [6, 6.07) is 38.0. The minimum atomic E-state index is 0.890. The fourth-order valence-electron chi connectivity index (χ4n) is 6.16. The number of furan rings is 1. The second-order valence-corrected chi connectivity index (χ2v) is 9.91. The van der Waals surface area contributed by atoms with Gasteiger partial charge in [0.25, 0.3) is 0 Å². The molecule has 9 aromatic rings. The summed E-state index contributed by atoms with van der Waals surface area (Å²) in [4.78, 5) is 9.55. The average Bonchev–Trinajstić information content (AvgIpc) is 3.69. The van der Waals surface area contributed by atoms with Crippen LogP contribution in [-0.4, -0.2) is 19.1 Å². The van der Waals surface area contributed by atoms with Crippen molar-refractivity contribution >= 4 is 65.8 Å². The van der Waals surface area contributed by atoms with Crippen molar-refractivity contribution in [2.45, 2.75) is 13.8 Å². The van der Waals surface area contributed by atoms with E-state index in [4.69, 9.17) is 14.4 Å². The molecule has 0 fully saturated rings. The van der Waals surface area contributed by atoms with Crippen molar-refractivity contribution in [3.8, 4) is 11.4 Å². The first kappa shape index (κ1) is 23.5. The molecular formula is C36H26N4O. The molecule has 196 valence electrons. The van der Waals surface area contributed by atoms with Gasteiger partial charge >= 0.3 is 0 Å². The van der Waals surface area contributed by atoms with Crippen LogP contribution in [0.15, 0.2) is 126 Å². The Balaban J connectivity index is 0.00000125. The number of rotatable bonds is 2. The van der Waals surface area contributed by atoms with Gasteiger partial charge in [0, 0.05) is 45.3 Å². The van der Waals surface area contributed by atoms with Crippen LogP contribution in [0.4, 0.5) is 0 Å². The smallest absolute Gasteiger partial charge is 0.135 e. The minimum Gasteiger partial charge on any atom is -0.456 e. The third-order valence-corrected chi connectivity index (χ3v) is 7.81. The monoisotopic (exact) mass is 530 g/mol. The molecule has 9 rings (SSSR count). The van der Waals surface area contributed by atoms with Gasteiger partial charge < -0.3 is 13.6 Å². The molecule has 0 saturated carbocycles. The zero-order valence-corrected chi connectivity index (χ0v) is 22.7. The van der Waals surface area contributed by atoms with Crippen LogP contribution in [0.1, 0.15) is 13.8 Å². The lowest BCUT2D eigenvalue weighted by Crippen LogP contribution is -1.95. The van der Waals surface area contributed by atoms with Crippen LogP contribution >= 0.6 is 0 Å². The summed E-state index contributed by atoms with van der Waals surface area (Å²) in [7, 11) is 0. The number of aromatic nitrogens is 4. The van der Waals surface area contributed by atoms with Gasteiger partial charge in [0.2, 0.25) is 0 Å². The molecule has 0 saturated heterocycles. The number of nitrogens with zero attached hydrogens (tertiary/aromatic N) is 4. The van der Waals surface area contributed by atoms with Crippen molar-refractivity contribution in [1.29, 1.82) is 0 Å². The molecule has 0 aliphatic carbocycles. The standard InChI is InChI=1S/C34H20N4O.C2H6/c1-3-9-27-24(8-1)33-29(10-5-17-35-33)37(27)21-13-15-28-26(20-21)34-30(11-6-18-36-34)38(28)22-14-16-32-25(19-22)23-7-2-4-12-31(23)39-32;1-2/h1-20H;1-2H3. The first-order chi connectivity index (χ1) is 20.3. The Hall–Kier alpha value is -5.42. The Morgan fingerprint density at radius 1 is 0.463 bits per heavy atom. The second kappa shape index (κ2) is 9.07. The molecule has 0 N–H and O–H groups in total. The number of hydrogen-bond acceptors (Lipinski definition) is 3. The highest BCUT2D eigenvalue weighted by Gasteiger charge is 2.18. The average molecular weight is 531 g/mol. The lowest BCUT2D eigenvalue weighted by molar-refractivity contribution is 0.669. The predicted octanol–water partition coefficient (Wildman–Crippen LogP) is 9.60. The number of pyridine rings is 2. The third-order valence-electron chi connectivity index (χ3n) is 7.81. The van der Waals surface area contributed by atoms with E-state index in [2.05, 4.69) is 94.1 Å². The summed E-state index contributed by atoms with van der Waals surface area (Å²) in [6.07, 6.45) is 3.73. The molecule has 0 amide bonds. The van der Waals surface area contributed by atoms with Gasteiger partial charge in [0.1, 0.15) is 11.2 Å². The number of hydrogen-bond donors (Lipinski definition) is 0. The molecule has 4 aromatic carbocycles. The number of benzene rings is 4. The van der Waals surface area contributed by atoms with Crippen molar-refractivity contribution in [3.63, 3.8) is 0 Å². The molecule has 5 aromatic heterocycles. The van der Waals surface area contributed by atoms with E-state index in [0.717, 1.165) is 77.2 Å². The fourth-order valence-corrected chi connectivity index (χ4v) is 6.16. The van der Waals surface area contributed by atoms with Crippen LogP contribution < -0.4 is 0 Å². The van der Waals surface area contributed by atoms with Crippen LogP contribution in [0.5, 0.6) is 0 Å². The van der Waals surface area contributed by atoms with Crippen LogP contribution in [0.25, 0.3) is 77.2 Å². The van der Waals surface area contributed by atoms with Crippen LogP contribution in [-0.2, 0) is 0 Å². The highest BCUT2D eigenvalue weighted by molar-refractivity contribution is 6.11. The van der Waals surface area contributed by atoms with Crippen molar-refractivity contribution in [1.82, 2.24) is 19.1 Å². The van der Waals surface area contributed by atoms with E-state index in [1.165, 1.54) is 0 Å². The zero-order valence-electron chi connectivity index (χ0n) is 22.7. The van der Waals surface area contributed by atoms with Gasteiger partial charge in [-0.25, -0.2) is 0 Å². The maximum absolute atomic E-state index is 6.10. The zero-order chi connectivity index (χ0) is 27.5. The molecule has 0 radical (unpaired) electrons. The molecule has 0 aliphatic heterocycles. The first-order valence-electron chi connectivity index (χ1n) is 14.0. The quantitative estimate of drug-likeness (QED) is 0.224. The normalized spacial score (nSPS) is 11.7.